The van der Waals surface area contributed by atoms with Crippen LogP contribution >= 0.6 is 0 Å². The predicted molar refractivity (Wildman–Crippen MR) is 88.2 cm³/mol. The third kappa shape index (κ3) is 2.73. The third-order valence-electron chi connectivity index (χ3n) is 4.12. The molecule has 0 saturated heterocycles. The number of hydrogen-bond acceptors (Lipinski definition) is 5. The minimum absolute atomic E-state index is 0.0132. The van der Waals surface area contributed by atoms with Crippen molar-refractivity contribution in [3.63, 3.8) is 0 Å². The van der Waals surface area contributed by atoms with E-state index < -0.39 is 0 Å². The van der Waals surface area contributed by atoms with E-state index in [-0.39, 0.29) is 11.5 Å². The molecule has 6 heteroatoms. The second-order valence-electron chi connectivity index (χ2n) is 7.09. The van der Waals surface area contributed by atoms with Gasteiger partial charge < -0.3 is 9.26 Å². The van der Waals surface area contributed by atoms with E-state index in [1.807, 2.05) is 28.9 Å². The highest BCUT2D eigenvalue weighted by Gasteiger charge is 2.26. The van der Waals surface area contributed by atoms with Crippen molar-refractivity contribution >= 4 is 0 Å². The first kappa shape index (κ1) is 15.1. The summed E-state index contributed by atoms with van der Waals surface area (Å²) >= 11 is 0. The zero-order chi connectivity index (χ0) is 16.7. The van der Waals surface area contributed by atoms with E-state index in [0.29, 0.717) is 30.6 Å². The molecule has 3 aromatic rings. The second-order valence-corrected chi connectivity index (χ2v) is 7.09. The average Bonchev–Trinajstić information content (AvgIpc) is 3.21. The Kier molecular flexibility index (Phi) is 3.49. The number of benzene rings is 1. The number of fused-ring (bicyclic) bond motifs is 1. The SMILES string of the molecule is CC(C)(C)c1noc(-c2cc3n(n2)C[C@@H](c2ccccc2)OC3)n1. The summed E-state index contributed by atoms with van der Waals surface area (Å²) in [4.78, 5) is 4.48. The summed E-state index contributed by atoms with van der Waals surface area (Å²) in [7, 11) is 0. The standard InChI is InChI=1S/C18H20N4O2/c1-18(2,3)17-19-16(24-21-17)14-9-13-11-23-15(10-22(13)20-14)12-7-5-4-6-8-12/h4-9,15H,10-11H2,1-3H3/t15-/m0/s1. The fraction of sp³-hybridized carbons (Fsp3) is 0.389. The maximum Gasteiger partial charge on any atom is 0.278 e. The molecular weight excluding hydrogens is 304 g/mol. The normalized spacial score (nSPS) is 17.7. The highest BCUT2D eigenvalue weighted by atomic mass is 16.5. The van der Waals surface area contributed by atoms with Crippen molar-refractivity contribution in [2.45, 2.75) is 45.4 Å². The lowest BCUT2D eigenvalue weighted by molar-refractivity contribution is -0.00113. The lowest BCUT2D eigenvalue weighted by atomic mass is 9.96. The maximum atomic E-state index is 5.97. The number of rotatable bonds is 2. The van der Waals surface area contributed by atoms with Crippen molar-refractivity contribution in [1.29, 1.82) is 0 Å². The number of nitrogens with zero attached hydrogens (tertiary/aromatic N) is 4. The minimum Gasteiger partial charge on any atom is -0.365 e. The van der Waals surface area contributed by atoms with Gasteiger partial charge in [-0.3, -0.25) is 4.68 Å². The summed E-state index contributed by atoms with van der Waals surface area (Å²) in [6, 6.07) is 12.2. The van der Waals surface area contributed by atoms with E-state index in [9.17, 15) is 0 Å². The number of ether oxygens (including phenoxy) is 1. The molecule has 2 aromatic heterocycles. The molecule has 1 atom stereocenters. The van der Waals surface area contributed by atoms with Crippen molar-refractivity contribution < 1.29 is 9.26 Å². The van der Waals surface area contributed by atoms with Gasteiger partial charge >= 0.3 is 0 Å². The van der Waals surface area contributed by atoms with Crippen LogP contribution in [0.5, 0.6) is 0 Å². The molecular formula is C18H20N4O2. The molecule has 0 unspecified atom stereocenters. The Bertz CT molecular complexity index is 846. The van der Waals surface area contributed by atoms with Crippen LogP contribution in [0, 0.1) is 0 Å². The predicted octanol–water partition coefficient (Wildman–Crippen LogP) is 3.50. The molecule has 0 bridgehead atoms. The summed E-state index contributed by atoms with van der Waals surface area (Å²) < 4.78 is 13.3. The van der Waals surface area contributed by atoms with E-state index in [1.54, 1.807) is 0 Å². The first-order chi connectivity index (χ1) is 11.5. The van der Waals surface area contributed by atoms with E-state index in [4.69, 9.17) is 9.26 Å². The topological polar surface area (TPSA) is 66.0 Å². The molecule has 0 fully saturated rings. The molecule has 24 heavy (non-hydrogen) atoms. The van der Waals surface area contributed by atoms with Gasteiger partial charge in [0.05, 0.1) is 18.8 Å². The molecule has 0 saturated carbocycles. The Morgan fingerprint density at radius 2 is 1.96 bits per heavy atom. The fourth-order valence-corrected chi connectivity index (χ4v) is 2.73. The van der Waals surface area contributed by atoms with Crippen LogP contribution in [0.3, 0.4) is 0 Å². The van der Waals surface area contributed by atoms with Crippen molar-refractivity contribution in [2.24, 2.45) is 0 Å². The molecule has 0 N–H and O–H groups in total. The molecule has 6 nitrogen and oxygen atoms in total. The van der Waals surface area contributed by atoms with Crippen LogP contribution in [0.25, 0.3) is 11.6 Å². The van der Waals surface area contributed by atoms with Crippen molar-refractivity contribution in [3.05, 3.63) is 53.5 Å². The van der Waals surface area contributed by atoms with Gasteiger partial charge in [-0.25, -0.2) is 0 Å². The molecule has 1 aliphatic rings. The smallest absolute Gasteiger partial charge is 0.278 e. The summed E-state index contributed by atoms with van der Waals surface area (Å²) in [6.07, 6.45) is 0.0132. The molecule has 0 aliphatic carbocycles. The molecule has 0 radical (unpaired) electrons. The molecule has 0 amide bonds. The molecule has 4 rings (SSSR count). The monoisotopic (exact) mass is 324 g/mol. The average molecular weight is 324 g/mol. The van der Waals surface area contributed by atoms with Gasteiger partial charge in [-0.1, -0.05) is 56.3 Å². The molecule has 124 valence electrons. The van der Waals surface area contributed by atoms with Crippen LogP contribution in [0.1, 0.15) is 44.0 Å². The van der Waals surface area contributed by atoms with E-state index >= 15 is 0 Å². The van der Waals surface area contributed by atoms with Crippen LogP contribution in [-0.2, 0) is 23.3 Å². The Labute approximate surface area is 140 Å². The highest BCUT2D eigenvalue weighted by Crippen LogP contribution is 2.29. The molecule has 1 aliphatic heterocycles. The molecule has 1 aromatic carbocycles. The van der Waals surface area contributed by atoms with Crippen molar-refractivity contribution in [3.8, 4) is 11.6 Å². The zero-order valence-corrected chi connectivity index (χ0v) is 14.1. The van der Waals surface area contributed by atoms with Crippen LogP contribution in [-0.4, -0.2) is 19.9 Å². The van der Waals surface area contributed by atoms with Gasteiger partial charge in [0, 0.05) is 5.41 Å². The minimum atomic E-state index is -0.150. The molecule has 3 heterocycles. The van der Waals surface area contributed by atoms with Crippen LogP contribution < -0.4 is 0 Å². The van der Waals surface area contributed by atoms with Gasteiger partial charge in [-0.05, 0) is 11.6 Å². The van der Waals surface area contributed by atoms with Crippen molar-refractivity contribution in [1.82, 2.24) is 19.9 Å². The van der Waals surface area contributed by atoms with Crippen molar-refractivity contribution in [2.75, 3.05) is 0 Å². The lowest BCUT2D eigenvalue weighted by Crippen LogP contribution is -2.21. The van der Waals surface area contributed by atoms with E-state index in [0.717, 1.165) is 11.3 Å². The maximum absolute atomic E-state index is 5.97. The van der Waals surface area contributed by atoms with Crippen LogP contribution in [0.15, 0.2) is 40.9 Å². The third-order valence-corrected chi connectivity index (χ3v) is 4.12. The van der Waals surface area contributed by atoms with Gasteiger partial charge in [0.15, 0.2) is 11.5 Å². The van der Waals surface area contributed by atoms with Gasteiger partial charge in [-0.15, -0.1) is 0 Å². The second kappa shape index (κ2) is 5.56. The number of aromatic nitrogens is 4. The summed E-state index contributed by atoms with van der Waals surface area (Å²) in [6.45, 7) is 7.36. The Morgan fingerprint density at radius 1 is 1.17 bits per heavy atom. The Balaban J connectivity index is 1.60. The van der Waals surface area contributed by atoms with Crippen LogP contribution in [0.2, 0.25) is 0 Å². The van der Waals surface area contributed by atoms with Gasteiger partial charge in [-0.2, -0.15) is 10.1 Å². The first-order valence-electron chi connectivity index (χ1n) is 8.08. The van der Waals surface area contributed by atoms with Gasteiger partial charge in [0.1, 0.15) is 6.10 Å². The van der Waals surface area contributed by atoms with E-state index in [1.165, 1.54) is 0 Å². The highest BCUT2D eigenvalue weighted by molar-refractivity contribution is 5.47. The zero-order valence-electron chi connectivity index (χ0n) is 14.1. The van der Waals surface area contributed by atoms with Crippen LogP contribution in [0.4, 0.5) is 0 Å². The van der Waals surface area contributed by atoms with Gasteiger partial charge in [0.25, 0.3) is 5.89 Å². The quantitative estimate of drug-likeness (QED) is 0.722. The number of hydrogen-bond donors (Lipinski definition) is 0. The first-order valence-corrected chi connectivity index (χ1v) is 8.08. The Morgan fingerprint density at radius 3 is 2.67 bits per heavy atom. The summed E-state index contributed by atoms with van der Waals surface area (Å²) in [5.74, 6) is 1.14. The fourth-order valence-electron chi connectivity index (χ4n) is 2.73. The van der Waals surface area contributed by atoms with Gasteiger partial charge in [0.2, 0.25) is 0 Å². The largest absolute Gasteiger partial charge is 0.365 e. The Hall–Kier alpha value is -2.47. The lowest BCUT2D eigenvalue weighted by Gasteiger charge is -2.24. The summed E-state index contributed by atoms with van der Waals surface area (Å²) in [5.41, 5.74) is 2.73. The van der Waals surface area contributed by atoms with E-state index in [2.05, 4.69) is 48.1 Å². The molecule has 0 spiro atoms. The summed E-state index contributed by atoms with van der Waals surface area (Å²) in [5, 5.41) is 8.70.